The van der Waals surface area contributed by atoms with E-state index < -0.39 is 17.4 Å². The van der Waals surface area contributed by atoms with E-state index in [2.05, 4.69) is 0 Å². The van der Waals surface area contributed by atoms with E-state index >= 15 is 0 Å². The number of rotatable bonds is 3. The summed E-state index contributed by atoms with van der Waals surface area (Å²) >= 11 is 0. The van der Waals surface area contributed by atoms with Crippen molar-refractivity contribution in [2.75, 3.05) is 0 Å². The molecule has 0 fully saturated rings. The number of ether oxygens (including phenoxy) is 1. The fraction of sp³-hybridized carbons (Fsp3) is 0.462. The smallest absolute Gasteiger partial charge is 0.347 e. The molecule has 3 nitrogen and oxygen atoms in total. The number of aryl methyl sites for hydroxylation is 1. The van der Waals surface area contributed by atoms with Crippen molar-refractivity contribution in [2.45, 2.75) is 40.2 Å². The van der Waals surface area contributed by atoms with E-state index in [0.717, 1.165) is 5.56 Å². The molecule has 0 aliphatic heterocycles. The predicted molar refractivity (Wildman–Crippen MR) is 64.8 cm³/mol. The summed E-state index contributed by atoms with van der Waals surface area (Å²) in [7, 11) is 0. The zero-order valence-corrected chi connectivity index (χ0v) is 10.9. The van der Waals surface area contributed by atoms with Crippen molar-refractivity contribution in [3.63, 3.8) is 0 Å². The first-order valence-electron chi connectivity index (χ1n) is 5.51. The van der Waals surface area contributed by atoms with Crippen molar-refractivity contribution in [3.8, 4) is 5.75 Å². The summed E-state index contributed by atoms with van der Waals surface area (Å²) in [5.41, 5.74) is -0.623. The van der Waals surface area contributed by atoms with Crippen LogP contribution in [0.5, 0.6) is 5.75 Å². The lowest BCUT2D eigenvalue weighted by atomic mass is 10.1. The van der Waals surface area contributed by atoms with Crippen LogP contribution in [0.1, 0.15) is 33.3 Å². The molecule has 17 heavy (non-hydrogen) atoms. The molecule has 0 aliphatic rings. The monoisotopic (exact) mass is 242 g/mol. The molecule has 0 bridgehead atoms. The average Bonchev–Trinajstić information content (AvgIpc) is 2.26. The number of hydrogen-bond acceptors (Lipinski definition) is 2. The van der Waals surface area contributed by atoms with Gasteiger partial charge in [-0.25, -0.2) is 9.18 Å². The Labute approximate surface area is 101 Å². The highest BCUT2D eigenvalue weighted by molar-refractivity contribution is 5.76. The molecule has 0 aliphatic carbocycles. The largest absolute Gasteiger partial charge is 0.478 e. The van der Waals surface area contributed by atoms with Gasteiger partial charge in [-0.15, -0.1) is 0 Å². The van der Waals surface area contributed by atoms with Crippen molar-refractivity contribution < 1.29 is 19.0 Å². The second-order valence-corrected chi connectivity index (χ2v) is 3.85. The third kappa shape index (κ3) is 4.43. The first-order valence-corrected chi connectivity index (χ1v) is 5.51. The molecule has 0 saturated heterocycles. The van der Waals surface area contributed by atoms with Crippen LogP contribution in [-0.4, -0.2) is 16.7 Å². The molecule has 1 aromatic carbocycles. The fourth-order valence-electron chi connectivity index (χ4n) is 1.01. The quantitative estimate of drug-likeness (QED) is 0.883. The van der Waals surface area contributed by atoms with Gasteiger partial charge in [0.15, 0.2) is 17.2 Å². The topological polar surface area (TPSA) is 46.5 Å². The lowest BCUT2D eigenvalue weighted by Crippen LogP contribution is -2.38. The molecule has 1 aromatic rings. The Bertz CT molecular complexity index is 386. The average molecular weight is 242 g/mol. The number of carbonyl (C=O) groups is 1. The number of aliphatic carboxylic acids is 1. The summed E-state index contributed by atoms with van der Waals surface area (Å²) in [6.45, 7) is 8.52. The van der Waals surface area contributed by atoms with Crippen molar-refractivity contribution >= 4 is 5.97 Å². The molecule has 96 valence electrons. The molecule has 0 unspecified atom stereocenters. The third-order valence-electron chi connectivity index (χ3n) is 1.97. The van der Waals surface area contributed by atoms with Crippen LogP contribution in [0, 0.1) is 12.7 Å². The van der Waals surface area contributed by atoms with E-state index in [1.165, 1.54) is 26.0 Å². The van der Waals surface area contributed by atoms with Gasteiger partial charge in [0, 0.05) is 0 Å². The molecule has 0 spiro atoms. The van der Waals surface area contributed by atoms with Crippen LogP contribution in [-0.2, 0) is 4.79 Å². The van der Waals surface area contributed by atoms with Gasteiger partial charge in [0.25, 0.3) is 0 Å². The maximum absolute atomic E-state index is 13.2. The minimum absolute atomic E-state index is 0.0394. The number of halogens is 1. The molecule has 1 rings (SSSR count). The minimum Gasteiger partial charge on any atom is -0.478 e. The van der Waals surface area contributed by atoms with Gasteiger partial charge < -0.3 is 9.84 Å². The Kier molecular flexibility index (Phi) is 5.65. The highest BCUT2D eigenvalue weighted by Gasteiger charge is 2.30. The first-order chi connectivity index (χ1) is 7.83. The van der Waals surface area contributed by atoms with Crippen molar-refractivity contribution in [3.05, 3.63) is 29.6 Å². The number of carboxylic acid groups (broad SMARTS) is 1. The predicted octanol–water partition coefficient (Wildman–Crippen LogP) is 3.40. The molecule has 0 heterocycles. The van der Waals surface area contributed by atoms with E-state index in [1.807, 2.05) is 13.8 Å². The molecule has 4 heteroatoms. The maximum atomic E-state index is 13.2. The SMILES string of the molecule is CC.Cc1ccc(F)c(OC(C)(C)C(=O)O)c1. The van der Waals surface area contributed by atoms with E-state index in [1.54, 1.807) is 13.0 Å². The summed E-state index contributed by atoms with van der Waals surface area (Å²) in [4.78, 5) is 10.8. The summed E-state index contributed by atoms with van der Waals surface area (Å²) < 4.78 is 18.3. The second-order valence-electron chi connectivity index (χ2n) is 3.85. The summed E-state index contributed by atoms with van der Waals surface area (Å²) in [6, 6.07) is 4.32. The van der Waals surface area contributed by atoms with Gasteiger partial charge in [-0.05, 0) is 38.5 Å². The lowest BCUT2D eigenvalue weighted by Gasteiger charge is -2.21. The zero-order chi connectivity index (χ0) is 13.6. The van der Waals surface area contributed by atoms with Crippen molar-refractivity contribution in [1.82, 2.24) is 0 Å². The molecule has 0 amide bonds. The molecule has 1 N–H and O–H groups in total. The Balaban J connectivity index is 0.00000121. The maximum Gasteiger partial charge on any atom is 0.347 e. The highest BCUT2D eigenvalue weighted by atomic mass is 19.1. The van der Waals surface area contributed by atoms with Gasteiger partial charge in [-0.2, -0.15) is 0 Å². The van der Waals surface area contributed by atoms with Crippen LogP contribution < -0.4 is 4.74 Å². The van der Waals surface area contributed by atoms with Crippen molar-refractivity contribution in [1.29, 1.82) is 0 Å². The van der Waals surface area contributed by atoms with Gasteiger partial charge in [-0.3, -0.25) is 0 Å². The third-order valence-corrected chi connectivity index (χ3v) is 1.97. The van der Waals surface area contributed by atoms with Gasteiger partial charge in [-0.1, -0.05) is 19.9 Å². The van der Waals surface area contributed by atoms with E-state index in [4.69, 9.17) is 9.84 Å². The number of carboxylic acids is 1. The second kappa shape index (κ2) is 6.23. The van der Waals surface area contributed by atoms with E-state index in [-0.39, 0.29) is 5.75 Å². The van der Waals surface area contributed by atoms with Gasteiger partial charge in [0.05, 0.1) is 0 Å². The van der Waals surface area contributed by atoms with Crippen LogP contribution in [0.25, 0.3) is 0 Å². The van der Waals surface area contributed by atoms with Gasteiger partial charge in [0.2, 0.25) is 0 Å². The van der Waals surface area contributed by atoms with Crippen LogP contribution in [0.2, 0.25) is 0 Å². The molecule has 0 radical (unpaired) electrons. The molecular weight excluding hydrogens is 223 g/mol. The van der Waals surface area contributed by atoms with Crippen LogP contribution in [0.3, 0.4) is 0 Å². The Morgan fingerprint density at radius 2 is 1.88 bits per heavy atom. The Hall–Kier alpha value is -1.58. The van der Waals surface area contributed by atoms with E-state index in [0.29, 0.717) is 0 Å². The Morgan fingerprint density at radius 3 is 2.35 bits per heavy atom. The van der Waals surface area contributed by atoms with E-state index in [9.17, 15) is 9.18 Å². The lowest BCUT2D eigenvalue weighted by molar-refractivity contribution is -0.152. The first kappa shape index (κ1) is 15.4. The summed E-state index contributed by atoms with van der Waals surface area (Å²) in [5.74, 6) is -1.74. The molecule has 0 aromatic heterocycles. The normalized spacial score (nSPS) is 10.2. The fourth-order valence-corrected chi connectivity index (χ4v) is 1.01. The summed E-state index contributed by atoms with van der Waals surface area (Å²) in [6.07, 6.45) is 0. The highest BCUT2D eigenvalue weighted by Crippen LogP contribution is 2.23. The zero-order valence-electron chi connectivity index (χ0n) is 10.9. The van der Waals surface area contributed by atoms with Crippen LogP contribution >= 0.6 is 0 Å². The number of benzene rings is 1. The standard InChI is InChI=1S/C11H13FO3.C2H6/c1-7-4-5-8(12)9(6-7)15-11(2,3)10(13)14;1-2/h4-6H,1-3H3,(H,13,14);1-2H3. The molecule has 0 saturated carbocycles. The van der Waals surface area contributed by atoms with Crippen LogP contribution in [0.15, 0.2) is 18.2 Å². The van der Waals surface area contributed by atoms with Gasteiger partial charge in [0.1, 0.15) is 0 Å². The Morgan fingerprint density at radius 1 is 1.35 bits per heavy atom. The molecule has 0 atom stereocenters. The molecular formula is C13H19FO3. The minimum atomic E-state index is -1.44. The van der Waals surface area contributed by atoms with Crippen LogP contribution in [0.4, 0.5) is 4.39 Å². The summed E-state index contributed by atoms with van der Waals surface area (Å²) in [5, 5.41) is 8.82. The number of hydrogen-bond donors (Lipinski definition) is 1. The van der Waals surface area contributed by atoms with Crippen molar-refractivity contribution in [2.24, 2.45) is 0 Å². The van der Waals surface area contributed by atoms with Gasteiger partial charge >= 0.3 is 5.97 Å².